The van der Waals surface area contributed by atoms with Crippen LogP contribution in [0.2, 0.25) is 0 Å². The molecule has 16 atom stereocenters. The second-order valence-corrected chi connectivity index (χ2v) is 26.6. The number of nitrogens with zero attached hydrogens (tertiary/aromatic N) is 16. The lowest BCUT2D eigenvalue weighted by molar-refractivity contribution is -0.0511. The van der Waals surface area contributed by atoms with E-state index in [1.165, 1.54) is 57.4 Å². The lowest BCUT2D eigenvalue weighted by atomic mass is 9.85. The van der Waals surface area contributed by atoms with E-state index in [1.807, 2.05) is 0 Å². The molecule has 8 aromatic rings. The highest BCUT2D eigenvalue weighted by Gasteiger charge is 2.48. The third kappa shape index (κ3) is 15.6. The Balaban J connectivity index is 0.000000131. The Morgan fingerprint density at radius 1 is 0.413 bits per heavy atom. The highest BCUT2D eigenvalue weighted by molar-refractivity contribution is 5.84. The van der Waals surface area contributed by atoms with Gasteiger partial charge in [0.15, 0.2) is 70.8 Å². The zero-order valence-corrected chi connectivity index (χ0v) is 55.7. The quantitative estimate of drug-likeness (QED) is 0.0598. The highest BCUT2D eigenvalue weighted by Crippen LogP contribution is 2.40. The molecule has 40 nitrogen and oxygen atoms in total. The average Bonchev–Trinajstić information content (AvgIpc) is 1.63. The Bertz CT molecular complexity index is 4600. The largest absolute Gasteiger partial charge is 0.394 e. The molecule has 4 saturated heterocycles. The molecule has 15 rings (SSSR count). The minimum atomic E-state index is -1.28. The van der Waals surface area contributed by atoms with Crippen LogP contribution in [0.4, 0.5) is 23.3 Å². The van der Waals surface area contributed by atoms with Gasteiger partial charge in [0.25, 0.3) is 0 Å². The molecular formula is C64H78N20O20. The molecule has 3 saturated carbocycles. The van der Waals surface area contributed by atoms with Crippen LogP contribution in [0.25, 0.3) is 44.7 Å². The molecule has 3 aliphatic carbocycles. The topological polar surface area (TPSA) is 639 Å². The average molecular weight is 1450 g/mol. The smallest absolute Gasteiger partial charge is 0.209 e. The first-order valence-corrected chi connectivity index (χ1v) is 32.9. The number of hydrogen-bond donors (Lipinski definition) is 20. The van der Waals surface area contributed by atoms with Crippen molar-refractivity contribution in [3.8, 4) is 47.4 Å². The van der Waals surface area contributed by atoms with Crippen LogP contribution >= 0.6 is 0 Å². The van der Waals surface area contributed by atoms with Crippen molar-refractivity contribution < 1.29 is 101 Å². The van der Waals surface area contributed by atoms with Gasteiger partial charge in [0.05, 0.1) is 57.3 Å². The Kier molecular flexibility index (Phi) is 21.3. The number of ether oxygens (including phenoxy) is 4. The van der Waals surface area contributed by atoms with Gasteiger partial charge in [-0.15, -0.1) is 0 Å². The van der Waals surface area contributed by atoms with Gasteiger partial charge >= 0.3 is 0 Å². The molecule has 4 aliphatic heterocycles. The number of nitrogen functional groups attached to an aromatic ring is 4. The number of nitrogens with two attached hydrogens (primary N) is 4. The first-order valence-electron chi connectivity index (χ1n) is 32.9. The number of aromatic nitrogens is 16. The predicted octanol–water partition coefficient (Wildman–Crippen LogP) is -6.61. The maximum Gasteiger partial charge on any atom is 0.209 e. The van der Waals surface area contributed by atoms with E-state index in [0.717, 1.165) is 32.1 Å². The summed E-state index contributed by atoms with van der Waals surface area (Å²) in [7, 11) is 0. The van der Waals surface area contributed by atoms with Crippen LogP contribution in [-0.2, 0) is 18.9 Å². The van der Waals surface area contributed by atoms with Crippen LogP contribution in [-0.4, -0.2) is 282 Å². The van der Waals surface area contributed by atoms with Crippen molar-refractivity contribution in [3.05, 3.63) is 48.6 Å². The molecule has 0 spiro atoms. The SMILES string of the molecule is CC(C)(O)C#Cc1nc(N)c2ncn([C@@H]3O[C@H](CO)[C@@H](O)[C@H]3O)c2n1.Nc1nc(C#CC2(O)CC2)nc2c1ncn2[C@@H]1O[C@H](CO)[C@@H](O)[C@H]1O.Nc1nc(C#CC2(O)CCCCC2)nc2c1ncn2[C@@H]1O[C@H](CO)[C@@H](O)[C@H]1O.Nc1nc(C#CCC2(O)CC2)nc2c1ncn2[C@@H]1O[C@H](CO)[C@@H](O)[C@H]1O. The Morgan fingerprint density at radius 3 is 0.971 bits per heavy atom. The maximum absolute atomic E-state index is 10.5. The number of rotatable bonds is 9. The molecule has 12 heterocycles. The van der Waals surface area contributed by atoms with Gasteiger partial charge in [-0.3, -0.25) is 18.3 Å². The van der Waals surface area contributed by atoms with E-state index in [0.29, 0.717) is 54.3 Å². The lowest BCUT2D eigenvalue weighted by Gasteiger charge is -2.26. The number of aliphatic hydroxyl groups excluding tert-OH is 12. The molecule has 7 fully saturated rings. The van der Waals surface area contributed by atoms with Crippen LogP contribution in [0.3, 0.4) is 0 Å². The molecule has 0 aromatic carbocycles. The number of aliphatic hydroxyl groups is 16. The number of fused-ring (bicyclic) bond motifs is 4. The summed E-state index contributed by atoms with van der Waals surface area (Å²) in [5.41, 5.74) is 22.0. The fourth-order valence-corrected chi connectivity index (χ4v) is 11.8. The van der Waals surface area contributed by atoms with E-state index >= 15 is 0 Å². The molecule has 104 heavy (non-hydrogen) atoms. The van der Waals surface area contributed by atoms with Gasteiger partial charge in [-0.1, -0.05) is 30.1 Å². The predicted molar refractivity (Wildman–Crippen MR) is 356 cm³/mol. The van der Waals surface area contributed by atoms with Gasteiger partial charge < -0.3 is 124 Å². The molecular weight excluding hydrogens is 1370 g/mol. The standard InChI is InChI=1S/C18H23N5O5.C16H19N5O5.C15H17N5O5.C15H19N5O5/c19-15-12-16(22-11(21-15)4-7-18(27)5-2-1-3-6-18)23(9-20-12)17-14(26)13(25)10(8-24)28-17;17-13-10-14(20-9(19-13)2-1-3-16(25)4-5-16)21(7-18-10)15-12(24)11(23)8(6-22)26-15;16-12-9-13(19-8(18-12)1-2-15(24)3-4-15)20(6-17-9)14-11(23)10(22)7(5-21)25-14;1-15(2,24)4-3-8-18-12(16)9-13(19-8)20(6-17-9)14-11(23)10(22)7(5-21)25-14/h9-10,13-14,17,24-27H,1-3,5-6,8H2,(H2,19,21,22);7-8,11-12,15,22-25H,3-6H2,(H2,17,19,20);6-7,10-11,14,21-24H,3-5H2,(H2,16,18,19);6-7,10-11,14,21-24H,5H2,1-2H3,(H2,16,18,19)/t10-,13-,14-,17-;8-,11-,12-,15-;2*7-,10-,11-,14-/m1111/s1. The van der Waals surface area contributed by atoms with E-state index in [-0.39, 0.29) is 69.0 Å². The van der Waals surface area contributed by atoms with Gasteiger partial charge in [-0.2, -0.15) is 0 Å². The van der Waals surface area contributed by atoms with Gasteiger partial charge in [0, 0.05) is 6.42 Å². The molecule has 40 heteroatoms. The summed E-state index contributed by atoms with van der Waals surface area (Å²) in [5.74, 6) is 22.8. The fourth-order valence-electron chi connectivity index (χ4n) is 11.8. The highest BCUT2D eigenvalue weighted by atomic mass is 16.6. The van der Waals surface area contributed by atoms with Crippen molar-refractivity contribution in [1.82, 2.24) is 78.1 Å². The summed E-state index contributed by atoms with van der Waals surface area (Å²) in [6.07, 6.45) is -5.04. The van der Waals surface area contributed by atoms with Crippen molar-refractivity contribution in [2.45, 2.75) is 199 Å². The van der Waals surface area contributed by atoms with Crippen molar-refractivity contribution >= 4 is 67.9 Å². The fraction of sp³-hybridized carbons (Fsp3) is 0.562. The first-order chi connectivity index (χ1) is 49.5. The molecule has 554 valence electrons. The van der Waals surface area contributed by atoms with E-state index in [9.17, 15) is 81.7 Å². The molecule has 7 aliphatic rings. The number of imidazole rings is 4. The summed E-state index contributed by atoms with van der Waals surface area (Å²) in [6, 6.07) is 0. The second kappa shape index (κ2) is 29.8. The van der Waals surface area contributed by atoms with E-state index < -0.39 is 147 Å². The maximum atomic E-state index is 10.5. The lowest BCUT2D eigenvalue weighted by Crippen LogP contribution is -2.33. The second-order valence-electron chi connectivity index (χ2n) is 26.6. The van der Waals surface area contributed by atoms with Crippen LogP contribution < -0.4 is 22.9 Å². The molecule has 0 radical (unpaired) electrons. The summed E-state index contributed by atoms with van der Waals surface area (Å²) in [6.45, 7) is 1.29. The summed E-state index contributed by atoms with van der Waals surface area (Å²) in [5, 5.41) is 157. The number of hydrogen-bond acceptors (Lipinski definition) is 36. The molecule has 0 bridgehead atoms. The van der Waals surface area contributed by atoms with E-state index in [2.05, 4.69) is 107 Å². The van der Waals surface area contributed by atoms with E-state index in [1.54, 1.807) is 0 Å². The zero-order valence-electron chi connectivity index (χ0n) is 55.7. The van der Waals surface area contributed by atoms with Crippen molar-refractivity contribution in [2.75, 3.05) is 49.4 Å². The van der Waals surface area contributed by atoms with Crippen molar-refractivity contribution in [3.63, 3.8) is 0 Å². The molecule has 24 N–H and O–H groups in total. The van der Waals surface area contributed by atoms with Gasteiger partial charge in [0.1, 0.15) is 112 Å². The summed E-state index contributed by atoms with van der Waals surface area (Å²) in [4.78, 5) is 50.0. The zero-order chi connectivity index (χ0) is 74.5. The minimum Gasteiger partial charge on any atom is -0.394 e. The molecule has 0 unspecified atom stereocenters. The molecule has 0 amide bonds. The van der Waals surface area contributed by atoms with E-state index in [4.69, 9.17) is 41.9 Å². The Hall–Kier alpha value is -9.16. The molecule has 8 aromatic heterocycles. The summed E-state index contributed by atoms with van der Waals surface area (Å²) >= 11 is 0. The normalized spacial score (nSPS) is 29.0. The van der Waals surface area contributed by atoms with Gasteiger partial charge in [0.2, 0.25) is 23.3 Å². The first kappa shape index (κ1) is 74.6. The third-order valence-corrected chi connectivity index (χ3v) is 18.1. The van der Waals surface area contributed by atoms with Crippen LogP contribution in [0.15, 0.2) is 25.3 Å². The van der Waals surface area contributed by atoms with Crippen molar-refractivity contribution in [1.29, 1.82) is 0 Å². The minimum absolute atomic E-state index is 0.0700. The summed E-state index contributed by atoms with van der Waals surface area (Å²) < 4.78 is 27.7. The number of anilines is 4. The Morgan fingerprint density at radius 2 is 0.702 bits per heavy atom. The van der Waals surface area contributed by atoms with Crippen LogP contribution in [0, 0.1) is 47.4 Å². The van der Waals surface area contributed by atoms with Gasteiger partial charge in [-0.05, 0) is 88.9 Å². The van der Waals surface area contributed by atoms with Crippen molar-refractivity contribution in [2.24, 2.45) is 0 Å². The monoisotopic (exact) mass is 1450 g/mol. The Labute approximate surface area is 588 Å². The third-order valence-electron chi connectivity index (χ3n) is 18.1. The van der Waals surface area contributed by atoms with Gasteiger partial charge in [-0.25, -0.2) is 59.8 Å². The van der Waals surface area contributed by atoms with Crippen LogP contribution in [0.1, 0.15) is 126 Å². The van der Waals surface area contributed by atoms with Crippen LogP contribution in [0.5, 0.6) is 0 Å².